The van der Waals surface area contributed by atoms with Gasteiger partial charge in [0.05, 0.1) is 23.3 Å². The number of benzene rings is 2. The van der Waals surface area contributed by atoms with Crippen molar-refractivity contribution in [3.63, 3.8) is 0 Å². The van der Waals surface area contributed by atoms with Crippen molar-refractivity contribution in [2.75, 3.05) is 5.43 Å². The van der Waals surface area contributed by atoms with E-state index in [2.05, 4.69) is 10.2 Å². The Kier molecular flexibility index (Phi) is 4.93. The maximum absolute atomic E-state index is 13.6. The predicted molar refractivity (Wildman–Crippen MR) is 90.5 cm³/mol. The monoisotopic (exact) mass is 380 g/mol. The number of aromatic nitrogens is 2. The molecule has 140 valence electrons. The van der Waals surface area contributed by atoms with E-state index in [1.54, 1.807) is 18.5 Å². The molecule has 0 saturated carbocycles. The molecule has 4 nitrogen and oxygen atoms in total. The molecular formula is C18H13F5N4. The fourth-order valence-electron chi connectivity index (χ4n) is 2.53. The van der Waals surface area contributed by atoms with Gasteiger partial charge in [-0.3, -0.25) is 5.43 Å². The summed E-state index contributed by atoms with van der Waals surface area (Å²) in [5, 5.41) is 7.97. The number of hydrogen-bond donors (Lipinski definition) is 1. The van der Waals surface area contributed by atoms with Gasteiger partial charge in [0, 0.05) is 5.56 Å². The Morgan fingerprint density at radius 2 is 1.44 bits per heavy atom. The van der Waals surface area contributed by atoms with Crippen molar-refractivity contribution < 1.29 is 22.0 Å². The van der Waals surface area contributed by atoms with Crippen LogP contribution in [0.2, 0.25) is 0 Å². The van der Waals surface area contributed by atoms with E-state index in [1.165, 1.54) is 6.21 Å². The summed E-state index contributed by atoms with van der Waals surface area (Å²) in [6.07, 6.45) is 1.20. The summed E-state index contributed by atoms with van der Waals surface area (Å²) < 4.78 is 68.4. The number of hydrazone groups is 1. The topological polar surface area (TPSA) is 42.2 Å². The molecule has 1 aromatic heterocycles. The van der Waals surface area contributed by atoms with Crippen molar-refractivity contribution in [1.82, 2.24) is 9.78 Å². The molecule has 0 saturated heterocycles. The van der Waals surface area contributed by atoms with Crippen molar-refractivity contribution in [3.8, 4) is 5.69 Å². The van der Waals surface area contributed by atoms with Crippen molar-refractivity contribution in [1.29, 1.82) is 0 Å². The Bertz CT molecular complexity index is 999. The van der Waals surface area contributed by atoms with Gasteiger partial charge in [-0.2, -0.15) is 10.2 Å². The second-order valence-electron chi connectivity index (χ2n) is 5.65. The van der Waals surface area contributed by atoms with Crippen LogP contribution in [-0.4, -0.2) is 16.0 Å². The first-order valence-electron chi connectivity index (χ1n) is 7.75. The number of para-hydroxylation sites is 1. The lowest BCUT2D eigenvalue weighted by Gasteiger charge is -2.07. The van der Waals surface area contributed by atoms with Crippen LogP contribution in [0, 0.1) is 42.9 Å². The van der Waals surface area contributed by atoms with Crippen LogP contribution in [0.5, 0.6) is 0 Å². The predicted octanol–water partition coefficient (Wildman–Crippen LogP) is 4.63. The molecule has 0 fully saturated rings. The second-order valence-corrected chi connectivity index (χ2v) is 5.65. The molecule has 0 aliphatic carbocycles. The standard InChI is InChI=1S/C18H13F5N4/c1-9-12(10(2)27(26-9)11-6-4-3-5-7-11)8-24-25-18-16(22)14(20)13(19)15(21)17(18)23/h3-8,25H,1-2H3/b24-8-. The Hall–Kier alpha value is -3.23. The fraction of sp³-hybridized carbons (Fsp3) is 0.111. The third kappa shape index (κ3) is 3.27. The van der Waals surface area contributed by atoms with E-state index in [1.807, 2.05) is 35.8 Å². The smallest absolute Gasteiger partial charge is 0.200 e. The summed E-state index contributed by atoms with van der Waals surface area (Å²) in [6, 6.07) is 9.21. The van der Waals surface area contributed by atoms with Crippen LogP contribution in [0.4, 0.5) is 27.6 Å². The van der Waals surface area contributed by atoms with E-state index < -0.39 is 34.8 Å². The van der Waals surface area contributed by atoms with Crippen LogP contribution < -0.4 is 5.43 Å². The highest BCUT2D eigenvalue weighted by molar-refractivity contribution is 5.83. The van der Waals surface area contributed by atoms with Crippen LogP contribution >= 0.6 is 0 Å². The van der Waals surface area contributed by atoms with Crippen molar-refractivity contribution in [2.24, 2.45) is 5.10 Å². The third-order valence-electron chi connectivity index (χ3n) is 3.93. The number of anilines is 1. The van der Waals surface area contributed by atoms with Crippen LogP contribution in [0.15, 0.2) is 35.4 Å². The summed E-state index contributed by atoms with van der Waals surface area (Å²) in [4.78, 5) is 0. The minimum absolute atomic E-state index is 0.537. The highest BCUT2D eigenvalue weighted by Gasteiger charge is 2.25. The lowest BCUT2D eigenvalue weighted by molar-refractivity contribution is 0.381. The Balaban J connectivity index is 1.92. The van der Waals surface area contributed by atoms with Gasteiger partial charge in [0.15, 0.2) is 23.3 Å². The number of nitrogens with one attached hydrogen (secondary N) is 1. The van der Waals surface area contributed by atoms with E-state index >= 15 is 0 Å². The maximum Gasteiger partial charge on any atom is 0.200 e. The molecule has 3 aromatic rings. The molecule has 0 radical (unpaired) electrons. The molecule has 0 atom stereocenters. The largest absolute Gasteiger partial charge is 0.272 e. The second kappa shape index (κ2) is 7.18. The van der Waals surface area contributed by atoms with Gasteiger partial charge in [0.25, 0.3) is 0 Å². The first-order chi connectivity index (χ1) is 12.8. The molecule has 9 heteroatoms. The van der Waals surface area contributed by atoms with E-state index in [0.717, 1.165) is 5.69 Å². The Morgan fingerprint density at radius 1 is 0.889 bits per heavy atom. The minimum Gasteiger partial charge on any atom is -0.272 e. The fourth-order valence-corrected chi connectivity index (χ4v) is 2.53. The van der Waals surface area contributed by atoms with Crippen molar-refractivity contribution >= 4 is 11.9 Å². The van der Waals surface area contributed by atoms with Gasteiger partial charge < -0.3 is 0 Å². The number of rotatable bonds is 4. The number of halogens is 5. The summed E-state index contributed by atoms with van der Waals surface area (Å²) >= 11 is 0. The molecule has 0 aliphatic heterocycles. The quantitative estimate of drug-likeness (QED) is 0.236. The molecule has 0 unspecified atom stereocenters. The highest BCUT2D eigenvalue weighted by atomic mass is 19.2. The van der Waals surface area contributed by atoms with E-state index in [0.29, 0.717) is 17.0 Å². The lowest BCUT2D eigenvalue weighted by atomic mass is 10.2. The molecule has 0 bridgehead atoms. The van der Waals surface area contributed by atoms with Crippen molar-refractivity contribution in [3.05, 3.63) is 76.4 Å². The van der Waals surface area contributed by atoms with Gasteiger partial charge >= 0.3 is 0 Å². The minimum atomic E-state index is -2.23. The van der Waals surface area contributed by atoms with E-state index in [4.69, 9.17) is 0 Å². The molecule has 27 heavy (non-hydrogen) atoms. The SMILES string of the molecule is Cc1nn(-c2ccccc2)c(C)c1/C=N\Nc1c(F)c(F)c(F)c(F)c1F. The van der Waals surface area contributed by atoms with E-state index in [-0.39, 0.29) is 0 Å². The lowest BCUT2D eigenvalue weighted by Crippen LogP contribution is -2.06. The molecule has 2 aromatic carbocycles. The van der Waals surface area contributed by atoms with E-state index in [9.17, 15) is 22.0 Å². The molecule has 0 aliphatic rings. The summed E-state index contributed by atoms with van der Waals surface area (Å²) in [5.74, 6) is -10.3. The number of nitrogens with zero attached hydrogens (tertiary/aromatic N) is 3. The molecule has 1 N–H and O–H groups in total. The molecule has 0 amide bonds. The molecule has 3 rings (SSSR count). The normalized spacial score (nSPS) is 11.4. The van der Waals surface area contributed by atoms with Gasteiger partial charge in [-0.05, 0) is 26.0 Å². The maximum atomic E-state index is 13.6. The highest BCUT2D eigenvalue weighted by Crippen LogP contribution is 2.27. The van der Waals surface area contributed by atoms with Gasteiger partial charge in [0.2, 0.25) is 5.82 Å². The van der Waals surface area contributed by atoms with Gasteiger partial charge in [-0.15, -0.1) is 0 Å². The Labute approximate surface area is 150 Å². The third-order valence-corrected chi connectivity index (χ3v) is 3.93. The first kappa shape index (κ1) is 18.6. The summed E-state index contributed by atoms with van der Waals surface area (Å²) in [5.41, 5.74) is 3.23. The molecule has 0 spiro atoms. The average molecular weight is 380 g/mol. The number of aryl methyl sites for hydroxylation is 1. The first-order valence-corrected chi connectivity index (χ1v) is 7.75. The van der Waals surface area contributed by atoms with Crippen LogP contribution in [0.25, 0.3) is 5.69 Å². The summed E-state index contributed by atoms with van der Waals surface area (Å²) in [7, 11) is 0. The van der Waals surface area contributed by atoms with Crippen LogP contribution in [0.3, 0.4) is 0 Å². The van der Waals surface area contributed by atoms with Crippen LogP contribution in [-0.2, 0) is 0 Å². The molecule has 1 heterocycles. The average Bonchev–Trinajstić information content (AvgIpc) is 2.96. The summed E-state index contributed by atoms with van der Waals surface area (Å²) in [6.45, 7) is 3.46. The van der Waals surface area contributed by atoms with Crippen LogP contribution in [0.1, 0.15) is 17.0 Å². The number of hydrogen-bond acceptors (Lipinski definition) is 3. The zero-order valence-electron chi connectivity index (χ0n) is 14.2. The van der Waals surface area contributed by atoms with Gasteiger partial charge in [0.1, 0.15) is 5.69 Å². The molecular weight excluding hydrogens is 367 g/mol. The van der Waals surface area contributed by atoms with Crippen molar-refractivity contribution in [2.45, 2.75) is 13.8 Å². The van der Waals surface area contributed by atoms with Gasteiger partial charge in [-0.25, -0.2) is 26.6 Å². The Morgan fingerprint density at radius 3 is 2.04 bits per heavy atom. The zero-order chi connectivity index (χ0) is 19.7. The zero-order valence-corrected chi connectivity index (χ0v) is 14.2. The van der Waals surface area contributed by atoms with Gasteiger partial charge in [-0.1, -0.05) is 18.2 Å².